The quantitative estimate of drug-likeness (QED) is 0.293. The molecule has 0 spiro atoms. The first-order valence-corrected chi connectivity index (χ1v) is 10.7. The zero-order valence-electron chi connectivity index (χ0n) is 17.1. The summed E-state index contributed by atoms with van der Waals surface area (Å²) < 4.78 is 17.2. The van der Waals surface area contributed by atoms with E-state index in [1.807, 2.05) is 6.92 Å². The van der Waals surface area contributed by atoms with E-state index in [4.69, 9.17) is 11.6 Å². The fourth-order valence-corrected chi connectivity index (χ4v) is 4.08. The van der Waals surface area contributed by atoms with Gasteiger partial charge in [0, 0.05) is 28.8 Å². The number of nitrogens with zero attached hydrogens (tertiary/aromatic N) is 7. The number of aryl methyl sites for hydroxylation is 1. The molecule has 10 nitrogen and oxygen atoms in total. The third kappa shape index (κ3) is 4.75. The highest BCUT2D eigenvalue weighted by Gasteiger charge is 2.20. The van der Waals surface area contributed by atoms with Gasteiger partial charge in [0.1, 0.15) is 10.8 Å². The summed E-state index contributed by atoms with van der Waals surface area (Å²) in [4.78, 5) is 10.4. The fraction of sp³-hybridized carbons (Fsp3) is 0.263. The first kappa shape index (κ1) is 21.8. The maximum Gasteiger partial charge on any atom is 0.390 e. The molecule has 1 aromatic carbocycles. The maximum atomic E-state index is 14.0. The van der Waals surface area contributed by atoms with E-state index in [9.17, 15) is 14.5 Å². The number of nitrogens with one attached hydrogen (secondary N) is 1. The summed E-state index contributed by atoms with van der Waals surface area (Å²) in [5.41, 5.74) is 1.07. The molecule has 0 fully saturated rings. The Morgan fingerprint density at radius 1 is 1.31 bits per heavy atom. The molecule has 0 amide bonds. The molecule has 0 saturated carbocycles. The Labute approximate surface area is 190 Å². The third-order valence-corrected chi connectivity index (χ3v) is 6.15. The number of aromatic nitrogens is 6. The van der Waals surface area contributed by atoms with E-state index in [0.29, 0.717) is 33.8 Å². The van der Waals surface area contributed by atoms with Crippen LogP contribution in [0.2, 0.25) is 5.02 Å². The van der Waals surface area contributed by atoms with Crippen LogP contribution in [0.1, 0.15) is 29.1 Å². The minimum absolute atomic E-state index is 0.0537. The van der Waals surface area contributed by atoms with Gasteiger partial charge in [-0.3, -0.25) is 4.68 Å². The van der Waals surface area contributed by atoms with Crippen LogP contribution in [0, 0.1) is 22.9 Å². The number of benzene rings is 1. The minimum atomic E-state index is -0.513. The number of anilines is 2. The average Bonchev–Trinajstić information content (AvgIpc) is 3.47. The second-order valence-corrected chi connectivity index (χ2v) is 8.57. The Morgan fingerprint density at radius 2 is 2.12 bits per heavy atom. The molecule has 3 aromatic heterocycles. The van der Waals surface area contributed by atoms with Crippen LogP contribution < -0.4 is 5.32 Å². The number of hydrogen-bond donors (Lipinski definition) is 1. The lowest BCUT2D eigenvalue weighted by atomic mass is 10.2. The summed E-state index contributed by atoms with van der Waals surface area (Å²) in [5, 5.41) is 32.4. The molecule has 0 radical (unpaired) electrons. The van der Waals surface area contributed by atoms with E-state index in [2.05, 4.69) is 25.7 Å². The molecule has 0 saturated heterocycles. The highest BCUT2D eigenvalue weighted by atomic mass is 35.5. The van der Waals surface area contributed by atoms with Gasteiger partial charge < -0.3 is 15.4 Å². The molecule has 3 heterocycles. The van der Waals surface area contributed by atoms with Crippen LogP contribution in [0.3, 0.4) is 0 Å². The van der Waals surface area contributed by atoms with Crippen molar-refractivity contribution >= 4 is 39.7 Å². The standard InChI is InChI=1S/C19H18ClFN8O2S/c1-11(9-28-12(2)8-17(26-28)29(30)31)18-23-24-19(32-18)22-16-6-7-27(25-16)10-13-14(20)4-3-5-15(13)21/h3-8,11H,9-10H2,1-2H3,(H,22,24,25)/t11-/m1/s1. The number of nitro groups is 1. The zero-order chi connectivity index (χ0) is 22.8. The van der Waals surface area contributed by atoms with E-state index in [1.54, 1.807) is 40.7 Å². The third-order valence-electron chi connectivity index (χ3n) is 4.72. The first-order valence-electron chi connectivity index (χ1n) is 9.55. The minimum Gasteiger partial charge on any atom is -0.358 e. The summed E-state index contributed by atoms with van der Waals surface area (Å²) in [7, 11) is 0. The molecular weight excluding hydrogens is 459 g/mol. The Hall–Kier alpha value is -3.38. The van der Waals surface area contributed by atoms with Gasteiger partial charge in [-0.1, -0.05) is 35.9 Å². The predicted molar refractivity (Wildman–Crippen MR) is 118 cm³/mol. The van der Waals surface area contributed by atoms with Gasteiger partial charge in [-0.05, 0) is 24.0 Å². The summed E-state index contributed by atoms with van der Waals surface area (Å²) >= 11 is 7.43. The summed E-state index contributed by atoms with van der Waals surface area (Å²) in [6, 6.07) is 7.72. The number of halogens is 2. The lowest BCUT2D eigenvalue weighted by Gasteiger charge is -2.06. The van der Waals surface area contributed by atoms with E-state index >= 15 is 0 Å². The highest BCUT2D eigenvalue weighted by Crippen LogP contribution is 2.27. The van der Waals surface area contributed by atoms with Crippen LogP contribution in [-0.4, -0.2) is 34.7 Å². The van der Waals surface area contributed by atoms with Crippen LogP contribution in [0.5, 0.6) is 0 Å². The van der Waals surface area contributed by atoms with Gasteiger partial charge in [-0.2, -0.15) is 9.78 Å². The molecule has 4 rings (SSSR count). The second-order valence-electron chi connectivity index (χ2n) is 7.15. The average molecular weight is 477 g/mol. The molecule has 13 heteroatoms. The van der Waals surface area contributed by atoms with Crippen LogP contribution in [0.4, 0.5) is 21.2 Å². The topological polar surface area (TPSA) is 117 Å². The van der Waals surface area contributed by atoms with Crippen LogP contribution in [-0.2, 0) is 13.1 Å². The fourth-order valence-electron chi connectivity index (χ4n) is 3.06. The second kappa shape index (κ2) is 9.01. The lowest BCUT2D eigenvalue weighted by molar-refractivity contribution is -0.389. The molecule has 166 valence electrons. The summed E-state index contributed by atoms with van der Waals surface area (Å²) in [6.07, 6.45) is 1.71. The summed E-state index contributed by atoms with van der Waals surface area (Å²) in [5.74, 6) is -0.0852. The van der Waals surface area contributed by atoms with Crippen LogP contribution in [0.15, 0.2) is 36.5 Å². The van der Waals surface area contributed by atoms with Crippen LogP contribution in [0.25, 0.3) is 0 Å². The van der Waals surface area contributed by atoms with Gasteiger partial charge in [0.2, 0.25) is 5.13 Å². The molecule has 0 aliphatic carbocycles. The molecule has 0 unspecified atom stereocenters. The van der Waals surface area contributed by atoms with E-state index < -0.39 is 4.92 Å². The van der Waals surface area contributed by atoms with Crippen molar-refractivity contribution < 1.29 is 9.31 Å². The van der Waals surface area contributed by atoms with Crippen molar-refractivity contribution in [3.8, 4) is 0 Å². The monoisotopic (exact) mass is 476 g/mol. The predicted octanol–water partition coefficient (Wildman–Crippen LogP) is 4.54. The van der Waals surface area contributed by atoms with E-state index in [-0.39, 0.29) is 24.1 Å². The first-order chi connectivity index (χ1) is 15.3. The molecule has 1 N–H and O–H groups in total. The smallest absolute Gasteiger partial charge is 0.358 e. The normalized spacial score (nSPS) is 12.1. The number of hydrogen-bond acceptors (Lipinski definition) is 8. The Bertz CT molecular complexity index is 1250. The summed E-state index contributed by atoms with van der Waals surface area (Å²) in [6.45, 7) is 4.35. The van der Waals surface area contributed by atoms with Gasteiger partial charge in [-0.15, -0.1) is 10.2 Å². The molecule has 1 atom stereocenters. The SMILES string of the molecule is Cc1cc([N+](=O)[O-])nn1C[C@@H](C)c1nnc(Nc2ccn(Cc3c(F)cccc3Cl)n2)s1. The van der Waals surface area contributed by atoms with Crippen molar-refractivity contribution in [1.82, 2.24) is 29.8 Å². The van der Waals surface area contributed by atoms with Gasteiger partial charge >= 0.3 is 5.82 Å². The maximum absolute atomic E-state index is 14.0. The Morgan fingerprint density at radius 3 is 2.84 bits per heavy atom. The molecule has 4 aromatic rings. The molecule has 0 aliphatic rings. The zero-order valence-corrected chi connectivity index (χ0v) is 18.6. The number of rotatable bonds is 8. The molecule has 0 bridgehead atoms. The van der Waals surface area contributed by atoms with Gasteiger partial charge in [0.25, 0.3) is 0 Å². The lowest BCUT2D eigenvalue weighted by Crippen LogP contribution is -2.09. The highest BCUT2D eigenvalue weighted by molar-refractivity contribution is 7.15. The van der Waals surface area contributed by atoms with Crippen molar-refractivity contribution in [2.75, 3.05) is 5.32 Å². The Balaban J connectivity index is 1.41. The van der Waals surface area contributed by atoms with Crippen LogP contribution >= 0.6 is 22.9 Å². The van der Waals surface area contributed by atoms with Gasteiger partial charge in [0.15, 0.2) is 5.82 Å². The van der Waals surface area contributed by atoms with Gasteiger partial charge in [0.05, 0.1) is 29.9 Å². The largest absolute Gasteiger partial charge is 0.390 e. The molecular formula is C19H18ClFN8O2S. The van der Waals surface area contributed by atoms with Crippen molar-refractivity contribution in [2.45, 2.75) is 32.9 Å². The molecule has 0 aliphatic heterocycles. The Kier molecular flexibility index (Phi) is 6.15. The van der Waals surface area contributed by atoms with E-state index in [1.165, 1.54) is 23.5 Å². The van der Waals surface area contributed by atoms with Crippen molar-refractivity contribution in [3.63, 3.8) is 0 Å². The van der Waals surface area contributed by atoms with Crippen molar-refractivity contribution in [3.05, 3.63) is 73.7 Å². The van der Waals surface area contributed by atoms with E-state index in [0.717, 1.165) is 5.01 Å². The molecule has 32 heavy (non-hydrogen) atoms. The van der Waals surface area contributed by atoms with Crippen molar-refractivity contribution in [2.24, 2.45) is 0 Å². The van der Waals surface area contributed by atoms with Crippen molar-refractivity contribution in [1.29, 1.82) is 0 Å². The van der Waals surface area contributed by atoms with Gasteiger partial charge in [-0.25, -0.2) is 4.39 Å².